The Kier molecular flexibility index (Phi) is 5.28. The Morgan fingerprint density at radius 1 is 1.62 bits per heavy atom. The van der Waals surface area contributed by atoms with E-state index in [9.17, 15) is 0 Å². The first-order valence-corrected chi connectivity index (χ1v) is 5.61. The van der Waals surface area contributed by atoms with E-state index in [4.69, 9.17) is 22.1 Å². The highest BCUT2D eigenvalue weighted by Gasteiger charge is 2.05. The zero-order valence-corrected chi connectivity index (χ0v) is 10.3. The quantitative estimate of drug-likeness (QED) is 0.797. The summed E-state index contributed by atoms with van der Waals surface area (Å²) in [5.41, 5.74) is 5.80. The average Bonchev–Trinajstić information content (AvgIpc) is 2.31. The van der Waals surface area contributed by atoms with E-state index in [0.717, 1.165) is 19.4 Å². The summed E-state index contributed by atoms with van der Waals surface area (Å²) in [6.45, 7) is 2.79. The van der Waals surface area contributed by atoms with E-state index in [1.54, 1.807) is 0 Å². The number of nitrogens with two attached hydrogens (primary N) is 1. The lowest BCUT2D eigenvalue weighted by atomic mass is 10.2. The van der Waals surface area contributed by atoms with Gasteiger partial charge in [-0.1, -0.05) is 18.5 Å². The second-order valence-corrected chi connectivity index (χ2v) is 3.84. The van der Waals surface area contributed by atoms with E-state index in [1.165, 1.54) is 13.3 Å². The fraction of sp³-hybridized carbons (Fsp3) is 0.600. The molecular formula is C10H17ClN4O. The van der Waals surface area contributed by atoms with Gasteiger partial charge in [-0.05, 0) is 12.8 Å². The molecule has 1 unspecified atom stereocenters. The molecule has 1 rings (SSSR count). The van der Waals surface area contributed by atoms with Gasteiger partial charge < -0.3 is 15.8 Å². The third-order valence-electron chi connectivity index (χ3n) is 2.24. The summed E-state index contributed by atoms with van der Waals surface area (Å²) in [6, 6.07) is 0.502. The number of aromatic nitrogens is 2. The van der Waals surface area contributed by atoms with Crippen molar-refractivity contribution in [3.63, 3.8) is 0 Å². The van der Waals surface area contributed by atoms with E-state index < -0.39 is 0 Å². The topological polar surface area (TPSA) is 73.1 Å². The molecule has 90 valence electrons. The molecule has 0 spiro atoms. The number of halogens is 1. The minimum Gasteiger partial charge on any atom is -0.467 e. The van der Waals surface area contributed by atoms with Crippen molar-refractivity contribution < 1.29 is 4.74 Å². The van der Waals surface area contributed by atoms with Crippen molar-refractivity contribution in [2.45, 2.75) is 25.8 Å². The molecule has 0 fully saturated rings. The van der Waals surface area contributed by atoms with Gasteiger partial charge in [-0.15, -0.1) is 0 Å². The molecule has 6 heteroatoms. The number of nitrogens with zero attached hydrogens (tertiary/aromatic N) is 2. The van der Waals surface area contributed by atoms with Crippen LogP contribution >= 0.6 is 11.6 Å². The predicted molar refractivity (Wildman–Crippen MR) is 65.0 cm³/mol. The van der Waals surface area contributed by atoms with Crippen molar-refractivity contribution in [2.75, 3.05) is 19.0 Å². The average molecular weight is 245 g/mol. The van der Waals surface area contributed by atoms with Gasteiger partial charge in [0.2, 0.25) is 0 Å². The molecule has 5 nitrogen and oxygen atoms in total. The molecule has 0 saturated carbocycles. The van der Waals surface area contributed by atoms with Crippen LogP contribution in [0.3, 0.4) is 0 Å². The zero-order valence-electron chi connectivity index (χ0n) is 9.53. The highest BCUT2D eigenvalue weighted by atomic mass is 35.5. The van der Waals surface area contributed by atoms with Crippen LogP contribution in [0.2, 0.25) is 5.02 Å². The van der Waals surface area contributed by atoms with Crippen molar-refractivity contribution in [3.8, 4) is 6.01 Å². The molecule has 16 heavy (non-hydrogen) atoms. The van der Waals surface area contributed by atoms with Crippen LogP contribution in [0.1, 0.15) is 19.8 Å². The minimum absolute atomic E-state index is 0.204. The summed E-state index contributed by atoms with van der Waals surface area (Å²) >= 11 is 5.93. The summed E-state index contributed by atoms with van der Waals surface area (Å²) in [4.78, 5) is 7.98. The summed E-state index contributed by atoms with van der Waals surface area (Å²) in [6.07, 6.45) is 3.34. The van der Waals surface area contributed by atoms with Crippen molar-refractivity contribution in [1.82, 2.24) is 9.97 Å². The van der Waals surface area contributed by atoms with Gasteiger partial charge >= 0.3 is 6.01 Å². The van der Waals surface area contributed by atoms with Gasteiger partial charge in [-0.25, -0.2) is 4.98 Å². The molecule has 0 radical (unpaired) electrons. The van der Waals surface area contributed by atoms with Gasteiger partial charge in [0.25, 0.3) is 0 Å². The molecular weight excluding hydrogens is 228 g/mol. The van der Waals surface area contributed by atoms with E-state index in [1.807, 2.05) is 0 Å². The van der Waals surface area contributed by atoms with Gasteiger partial charge in [0, 0.05) is 12.6 Å². The van der Waals surface area contributed by atoms with Crippen molar-refractivity contribution >= 4 is 17.4 Å². The van der Waals surface area contributed by atoms with Crippen LogP contribution in [0.5, 0.6) is 6.01 Å². The number of rotatable bonds is 6. The van der Waals surface area contributed by atoms with E-state index in [2.05, 4.69) is 22.2 Å². The maximum atomic E-state index is 5.93. The van der Waals surface area contributed by atoms with Crippen LogP contribution in [-0.2, 0) is 0 Å². The fourth-order valence-electron chi connectivity index (χ4n) is 1.15. The van der Waals surface area contributed by atoms with E-state index in [-0.39, 0.29) is 6.04 Å². The van der Waals surface area contributed by atoms with Crippen LogP contribution in [0.4, 0.5) is 5.82 Å². The molecule has 1 atom stereocenters. The molecule has 0 amide bonds. The molecule has 0 saturated heterocycles. The minimum atomic E-state index is 0.204. The Morgan fingerprint density at radius 2 is 2.38 bits per heavy atom. The molecule has 1 aromatic rings. The number of methoxy groups -OCH3 is 1. The standard InChI is InChI=1S/C10H17ClN4O/c1-3-7(12)4-5-13-9-8(11)6-14-10(15-9)16-2/h6-7H,3-5,12H2,1-2H3,(H,13,14,15). The number of hydrogen-bond donors (Lipinski definition) is 2. The van der Waals surface area contributed by atoms with Crippen LogP contribution < -0.4 is 15.8 Å². The first-order chi connectivity index (χ1) is 7.67. The molecule has 1 aromatic heterocycles. The van der Waals surface area contributed by atoms with Crippen molar-refractivity contribution in [3.05, 3.63) is 11.2 Å². The lowest BCUT2D eigenvalue weighted by molar-refractivity contribution is 0.380. The van der Waals surface area contributed by atoms with Crippen molar-refractivity contribution in [2.24, 2.45) is 5.73 Å². The van der Waals surface area contributed by atoms with Gasteiger partial charge in [0.1, 0.15) is 5.02 Å². The molecule has 3 N–H and O–H groups in total. The summed E-state index contributed by atoms with van der Waals surface area (Å²) < 4.78 is 4.91. The fourth-order valence-corrected chi connectivity index (χ4v) is 1.31. The SMILES string of the molecule is CCC(N)CCNc1nc(OC)ncc1Cl. The highest BCUT2D eigenvalue weighted by molar-refractivity contribution is 6.32. The second-order valence-electron chi connectivity index (χ2n) is 3.44. The monoisotopic (exact) mass is 244 g/mol. The maximum absolute atomic E-state index is 5.93. The predicted octanol–water partition coefficient (Wildman–Crippen LogP) is 1.68. The lowest BCUT2D eigenvalue weighted by Crippen LogP contribution is -2.22. The molecule has 0 aliphatic rings. The Balaban J connectivity index is 2.52. The number of anilines is 1. The Bertz CT molecular complexity index is 335. The van der Waals surface area contributed by atoms with Gasteiger partial charge in [-0.2, -0.15) is 4.98 Å². The van der Waals surface area contributed by atoms with Crippen LogP contribution in [0, 0.1) is 0 Å². The van der Waals surface area contributed by atoms with Crippen molar-refractivity contribution in [1.29, 1.82) is 0 Å². The Hall–Kier alpha value is -1.07. The second kappa shape index (κ2) is 6.50. The summed E-state index contributed by atoms with van der Waals surface area (Å²) in [5, 5.41) is 3.59. The Labute approximate surface area is 100 Å². The normalized spacial score (nSPS) is 12.2. The number of ether oxygens (including phenoxy) is 1. The molecule has 0 bridgehead atoms. The van der Waals surface area contributed by atoms with Crippen LogP contribution in [0.25, 0.3) is 0 Å². The molecule has 0 aliphatic heterocycles. The number of hydrogen-bond acceptors (Lipinski definition) is 5. The van der Waals surface area contributed by atoms with Gasteiger partial charge in [-0.3, -0.25) is 0 Å². The molecule has 1 heterocycles. The zero-order chi connectivity index (χ0) is 12.0. The first kappa shape index (κ1) is 13.0. The van der Waals surface area contributed by atoms with Crippen LogP contribution in [0.15, 0.2) is 6.20 Å². The molecule has 0 aromatic carbocycles. The Morgan fingerprint density at radius 3 is 3.00 bits per heavy atom. The van der Waals surface area contributed by atoms with Gasteiger partial charge in [0.15, 0.2) is 5.82 Å². The van der Waals surface area contributed by atoms with E-state index in [0.29, 0.717) is 16.9 Å². The smallest absolute Gasteiger partial charge is 0.318 e. The lowest BCUT2D eigenvalue weighted by Gasteiger charge is -2.11. The van der Waals surface area contributed by atoms with Crippen LogP contribution in [-0.4, -0.2) is 29.7 Å². The maximum Gasteiger partial charge on any atom is 0.318 e. The first-order valence-electron chi connectivity index (χ1n) is 5.23. The number of nitrogens with one attached hydrogen (secondary N) is 1. The summed E-state index contributed by atoms with van der Waals surface area (Å²) in [5.74, 6) is 0.580. The van der Waals surface area contributed by atoms with Gasteiger partial charge in [0.05, 0.1) is 13.3 Å². The van der Waals surface area contributed by atoms with E-state index >= 15 is 0 Å². The third-order valence-corrected chi connectivity index (χ3v) is 2.51. The summed E-state index contributed by atoms with van der Waals surface area (Å²) in [7, 11) is 1.51. The molecule has 0 aliphatic carbocycles. The largest absolute Gasteiger partial charge is 0.467 e. The highest BCUT2D eigenvalue weighted by Crippen LogP contribution is 2.19. The third kappa shape index (κ3) is 3.83.